The molecule has 0 bridgehead atoms. The van der Waals surface area contributed by atoms with Gasteiger partial charge in [-0.05, 0) is 133 Å². The van der Waals surface area contributed by atoms with Gasteiger partial charge in [0.05, 0.1) is 11.4 Å². The average Bonchev–Trinajstić information content (AvgIpc) is 3.88. The number of rotatable bonds is 10. The molecule has 1 heterocycles. The van der Waals surface area contributed by atoms with Crippen molar-refractivity contribution >= 4 is 88.4 Å². The normalized spacial score (nSPS) is 11.5. The number of anilines is 6. The van der Waals surface area contributed by atoms with Gasteiger partial charge in [-0.15, -0.1) is 0 Å². The Morgan fingerprint density at radius 3 is 1.27 bits per heavy atom. The van der Waals surface area contributed by atoms with Crippen LogP contribution in [0.1, 0.15) is 0 Å². The summed E-state index contributed by atoms with van der Waals surface area (Å²) in [6.07, 6.45) is 0. The van der Waals surface area contributed by atoms with E-state index >= 15 is 0 Å². The Balaban J connectivity index is 0.864. The summed E-state index contributed by atoms with van der Waals surface area (Å²) in [4.78, 5) is 4.83. The van der Waals surface area contributed by atoms with Gasteiger partial charge in [0.15, 0.2) is 0 Å². The summed E-state index contributed by atoms with van der Waals surface area (Å²) < 4.78 is 6.47. The Bertz CT molecular complexity index is 4430. The Labute approximate surface area is 436 Å². The largest absolute Gasteiger partial charge is 0.455 e. The van der Waals surface area contributed by atoms with Gasteiger partial charge in [-0.25, -0.2) is 0 Å². The number of fused-ring (bicyclic) bond motifs is 6. The van der Waals surface area contributed by atoms with Gasteiger partial charge >= 0.3 is 0 Å². The smallest absolute Gasteiger partial charge is 0.143 e. The van der Waals surface area contributed by atoms with Gasteiger partial charge in [0.25, 0.3) is 0 Å². The molecule has 0 saturated heterocycles. The second-order valence-corrected chi connectivity index (χ2v) is 19.3. The molecule has 3 nitrogen and oxygen atoms in total. The molecule has 0 aliphatic rings. The highest BCUT2D eigenvalue weighted by atomic mass is 16.3. The zero-order valence-electron chi connectivity index (χ0n) is 41.0. The monoisotopic (exact) mass is 956 g/mol. The summed E-state index contributed by atoms with van der Waals surface area (Å²) in [7, 11) is 0. The van der Waals surface area contributed by atoms with Crippen molar-refractivity contribution in [3.05, 3.63) is 291 Å². The van der Waals surface area contributed by atoms with Crippen LogP contribution in [-0.4, -0.2) is 0 Å². The van der Waals surface area contributed by atoms with Crippen LogP contribution < -0.4 is 9.80 Å². The van der Waals surface area contributed by atoms with Crippen LogP contribution in [0.25, 0.3) is 98.8 Å². The fourth-order valence-corrected chi connectivity index (χ4v) is 11.1. The number of benzene rings is 13. The van der Waals surface area contributed by atoms with E-state index in [2.05, 4.69) is 289 Å². The minimum absolute atomic E-state index is 0.904. The SMILES string of the molecule is c1ccc(-c2ccc(-c3cccc(N(c4cccc(-c5cccc(N(c6ccc7cc(-c8cccc9c8oc8ccccc89)ccc7c6)c6cccc7ccccc67)c5)c4)c4cccc5ccccc45)c3)cc2)cc1. The molecular formula is C72H48N2O. The van der Waals surface area contributed by atoms with E-state index in [0.29, 0.717) is 0 Å². The third-order valence-corrected chi connectivity index (χ3v) is 14.8. The van der Waals surface area contributed by atoms with E-state index in [1.54, 1.807) is 0 Å². The molecule has 75 heavy (non-hydrogen) atoms. The van der Waals surface area contributed by atoms with Gasteiger partial charge in [-0.3, -0.25) is 0 Å². The van der Waals surface area contributed by atoms with E-state index < -0.39 is 0 Å². The molecule has 14 rings (SSSR count). The zero-order valence-corrected chi connectivity index (χ0v) is 41.0. The average molecular weight is 957 g/mol. The lowest BCUT2D eigenvalue weighted by atomic mass is 9.98. The maximum absolute atomic E-state index is 6.47. The van der Waals surface area contributed by atoms with Crippen molar-refractivity contribution in [2.24, 2.45) is 0 Å². The third kappa shape index (κ3) is 8.04. The predicted molar refractivity (Wildman–Crippen MR) is 317 cm³/mol. The van der Waals surface area contributed by atoms with Crippen molar-refractivity contribution in [2.75, 3.05) is 9.80 Å². The molecule has 1 aromatic heterocycles. The number of hydrogen-bond acceptors (Lipinski definition) is 3. The quantitative estimate of drug-likeness (QED) is 0.136. The van der Waals surface area contributed by atoms with Crippen LogP contribution in [0.2, 0.25) is 0 Å². The predicted octanol–water partition coefficient (Wildman–Crippen LogP) is 20.7. The number of para-hydroxylation sites is 2. The van der Waals surface area contributed by atoms with Crippen LogP contribution in [0.4, 0.5) is 34.1 Å². The summed E-state index contributed by atoms with van der Waals surface area (Å²) in [5, 5.41) is 9.34. The molecule has 0 aliphatic heterocycles. The highest BCUT2D eigenvalue weighted by Gasteiger charge is 2.20. The molecule has 0 fully saturated rings. The number of nitrogens with zero attached hydrogens (tertiary/aromatic N) is 2. The highest BCUT2D eigenvalue weighted by molar-refractivity contribution is 6.10. The summed E-state index contributed by atoms with van der Waals surface area (Å²) in [6.45, 7) is 0. The zero-order chi connectivity index (χ0) is 49.7. The Hall–Kier alpha value is -9.96. The molecule has 3 heteroatoms. The Morgan fingerprint density at radius 1 is 0.227 bits per heavy atom. The standard InChI is InChI=1S/C72H48N2O/c1-2-16-49(17-3-1)50-36-38-51(39-37-50)54-22-10-25-60(45-54)73(69-33-13-20-52-18-4-6-28-64(52)69)61-26-11-23-55(46-61)56-24-12-27-62(47-56)74(70-34-14-21-53-19-5-7-29-65(53)70)63-43-42-57-44-59(41-40-58(57)48-63)66-31-15-32-68-67-30-8-9-35-71(67)75-72(66)68/h1-48H. The summed E-state index contributed by atoms with van der Waals surface area (Å²) >= 11 is 0. The van der Waals surface area contributed by atoms with Gasteiger partial charge in [0, 0.05) is 49.9 Å². The van der Waals surface area contributed by atoms with Crippen LogP contribution in [0, 0.1) is 0 Å². The maximum atomic E-state index is 6.47. The van der Waals surface area contributed by atoms with E-state index in [9.17, 15) is 0 Å². The van der Waals surface area contributed by atoms with Crippen LogP contribution in [-0.2, 0) is 0 Å². The topological polar surface area (TPSA) is 19.6 Å². The molecule has 352 valence electrons. The van der Waals surface area contributed by atoms with Gasteiger partial charge in [-0.1, -0.05) is 218 Å². The summed E-state index contributed by atoms with van der Waals surface area (Å²) in [6, 6.07) is 105. The first kappa shape index (κ1) is 43.8. The van der Waals surface area contributed by atoms with E-state index in [4.69, 9.17) is 4.42 Å². The van der Waals surface area contributed by atoms with Crippen LogP contribution in [0.5, 0.6) is 0 Å². The van der Waals surface area contributed by atoms with Gasteiger partial charge in [-0.2, -0.15) is 0 Å². The Morgan fingerprint density at radius 2 is 0.640 bits per heavy atom. The molecule has 0 atom stereocenters. The molecule has 0 unspecified atom stereocenters. The van der Waals surface area contributed by atoms with Crippen LogP contribution >= 0.6 is 0 Å². The molecule has 0 spiro atoms. The molecular weight excluding hydrogens is 909 g/mol. The van der Waals surface area contributed by atoms with E-state index in [0.717, 1.165) is 94.7 Å². The van der Waals surface area contributed by atoms with Crippen molar-refractivity contribution < 1.29 is 4.42 Å². The van der Waals surface area contributed by atoms with E-state index in [1.165, 1.54) is 38.2 Å². The van der Waals surface area contributed by atoms with Gasteiger partial charge in [0.1, 0.15) is 11.2 Å². The van der Waals surface area contributed by atoms with Gasteiger partial charge in [0.2, 0.25) is 0 Å². The fourth-order valence-electron chi connectivity index (χ4n) is 11.1. The van der Waals surface area contributed by atoms with Crippen molar-refractivity contribution in [1.82, 2.24) is 0 Å². The molecule has 0 saturated carbocycles. The molecule has 13 aromatic carbocycles. The van der Waals surface area contributed by atoms with Crippen LogP contribution in [0.15, 0.2) is 296 Å². The van der Waals surface area contributed by atoms with Gasteiger partial charge < -0.3 is 14.2 Å². The lowest BCUT2D eigenvalue weighted by Crippen LogP contribution is -2.11. The highest BCUT2D eigenvalue weighted by Crippen LogP contribution is 2.45. The molecule has 0 radical (unpaired) electrons. The number of hydrogen-bond donors (Lipinski definition) is 0. The minimum atomic E-state index is 0.904. The third-order valence-electron chi connectivity index (χ3n) is 14.8. The number of furan rings is 1. The summed E-state index contributed by atoms with van der Waals surface area (Å²) in [5.41, 5.74) is 17.6. The molecule has 14 aromatic rings. The first-order valence-corrected chi connectivity index (χ1v) is 25.6. The maximum Gasteiger partial charge on any atom is 0.143 e. The lowest BCUT2D eigenvalue weighted by molar-refractivity contribution is 0.670. The van der Waals surface area contributed by atoms with Crippen molar-refractivity contribution in [1.29, 1.82) is 0 Å². The Kier molecular flexibility index (Phi) is 10.8. The van der Waals surface area contributed by atoms with Crippen LogP contribution in [0.3, 0.4) is 0 Å². The van der Waals surface area contributed by atoms with E-state index in [-0.39, 0.29) is 0 Å². The summed E-state index contributed by atoms with van der Waals surface area (Å²) in [5.74, 6) is 0. The van der Waals surface area contributed by atoms with Crippen molar-refractivity contribution in [3.63, 3.8) is 0 Å². The van der Waals surface area contributed by atoms with E-state index in [1.807, 2.05) is 12.1 Å². The van der Waals surface area contributed by atoms with Crippen molar-refractivity contribution in [3.8, 4) is 44.5 Å². The second-order valence-electron chi connectivity index (χ2n) is 19.3. The molecule has 0 N–H and O–H groups in total. The second kappa shape index (κ2) is 18.6. The van der Waals surface area contributed by atoms with Crippen molar-refractivity contribution in [2.45, 2.75) is 0 Å². The first-order chi connectivity index (χ1) is 37.2. The molecule has 0 amide bonds. The fraction of sp³-hybridized carbons (Fsp3) is 0. The molecule has 0 aliphatic carbocycles. The first-order valence-electron chi connectivity index (χ1n) is 25.6. The minimum Gasteiger partial charge on any atom is -0.455 e. The lowest BCUT2D eigenvalue weighted by Gasteiger charge is -2.28.